The zero-order valence-electron chi connectivity index (χ0n) is 14.7. The molecule has 1 aromatic heterocycles. The minimum atomic E-state index is -0.150. The molecular weight excluding hydrogens is 316 g/mol. The minimum Gasteiger partial charge on any atom is -0.395 e. The molecule has 2 aromatic rings. The molecule has 2 heterocycles. The van der Waals surface area contributed by atoms with Crippen LogP contribution in [0, 0.1) is 6.92 Å². The second-order valence-electron chi connectivity index (χ2n) is 6.66. The third kappa shape index (κ3) is 4.46. The molecule has 1 atom stereocenters. The molecule has 3 rings (SSSR count). The zero-order chi connectivity index (χ0) is 17.6. The highest BCUT2D eigenvalue weighted by Crippen LogP contribution is 2.18. The number of aliphatic hydroxyl groups is 1. The van der Waals surface area contributed by atoms with Gasteiger partial charge in [0, 0.05) is 24.7 Å². The fraction of sp³-hybridized carbons (Fsp3) is 0.474. The molecule has 25 heavy (non-hydrogen) atoms. The van der Waals surface area contributed by atoms with Crippen LogP contribution in [0.15, 0.2) is 30.3 Å². The number of carbonyl (C=O) groups excluding carboxylic acids is 1. The fourth-order valence-corrected chi connectivity index (χ4v) is 3.28. The van der Waals surface area contributed by atoms with Crippen molar-refractivity contribution in [2.45, 2.75) is 32.2 Å². The summed E-state index contributed by atoms with van der Waals surface area (Å²) in [6.07, 6.45) is 3.36. The van der Waals surface area contributed by atoms with Crippen LogP contribution >= 0.6 is 0 Å². The van der Waals surface area contributed by atoms with Crippen molar-refractivity contribution in [2.75, 3.05) is 26.2 Å². The topological polar surface area (TPSA) is 81.3 Å². The normalized spacial score (nSPS) is 18.2. The van der Waals surface area contributed by atoms with Gasteiger partial charge in [-0.15, -0.1) is 0 Å². The minimum absolute atomic E-state index is 0.150. The molecule has 1 aliphatic heterocycles. The first-order chi connectivity index (χ1) is 12.2. The number of nitrogens with one attached hydrogen (secondary N) is 2. The van der Waals surface area contributed by atoms with Crippen LogP contribution in [0.2, 0.25) is 0 Å². The Morgan fingerprint density at radius 3 is 2.92 bits per heavy atom. The van der Waals surface area contributed by atoms with E-state index in [1.165, 1.54) is 12.0 Å². The predicted molar refractivity (Wildman–Crippen MR) is 97.4 cm³/mol. The average molecular weight is 342 g/mol. The van der Waals surface area contributed by atoms with E-state index in [2.05, 4.69) is 20.4 Å². The van der Waals surface area contributed by atoms with Crippen LogP contribution < -0.4 is 5.32 Å². The van der Waals surface area contributed by atoms with Gasteiger partial charge in [0.05, 0.1) is 12.3 Å². The Labute approximate surface area is 148 Å². The van der Waals surface area contributed by atoms with Crippen LogP contribution in [0.3, 0.4) is 0 Å². The van der Waals surface area contributed by atoms with Gasteiger partial charge < -0.3 is 10.4 Å². The van der Waals surface area contributed by atoms with Crippen LogP contribution in [-0.2, 0) is 0 Å². The van der Waals surface area contributed by atoms with E-state index in [0.717, 1.165) is 37.2 Å². The molecule has 0 radical (unpaired) electrons. The Bertz CT molecular complexity index is 696. The highest BCUT2D eigenvalue weighted by Gasteiger charge is 2.21. The lowest BCUT2D eigenvalue weighted by Gasteiger charge is -2.34. The Balaban J connectivity index is 1.52. The molecule has 1 fully saturated rings. The number of hydrogen-bond donors (Lipinski definition) is 3. The molecule has 1 amide bonds. The molecule has 6 heteroatoms. The van der Waals surface area contributed by atoms with Crippen molar-refractivity contribution >= 4 is 5.91 Å². The van der Waals surface area contributed by atoms with Crippen LogP contribution in [-0.4, -0.2) is 58.4 Å². The van der Waals surface area contributed by atoms with Gasteiger partial charge in [-0.25, -0.2) is 0 Å². The average Bonchev–Trinajstić information content (AvgIpc) is 3.13. The van der Waals surface area contributed by atoms with E-state index >= 15 is 0 Å². The molecule has 1 aromatic carbocycles. The summed E-state index contributed by atoms with van der Waals surface area (Å²) in [5.41, 5.74) is 3.41. The van der Waals surface area contributed by atoms with Gasteiger partial charge in [0.25, 0.3) is 5.91 Å². The van der Waals surface area contributed by atoms with Crippen LogP contribution in [0.1, 0.15) is 35.3 Å². The number of aromatic nitrogens is 2. The number of piperidine rings is 1. The highest BCUT2D eigenvalue weighted by atomic mass is 16.3. The number of carbonyl (C=O) groups is 1. The first kappa shape index (κ1) is 17.6. The maximum atomic E-state index is 12.3. The van der Waals surface area contributed by atoms with Gasteiger partial charge in [0.2, 0.25) is 0 Å². The quantitative estimate of drug-likeness (QED) is 0.750. The Hall–Kier alpha value is -2.18. The number of likely N-dealkylation sites (tertiary alicyclic amines) is 1. The van der Waals surface area contributed by atoms with E-state index in [-0.39, 0.29) is 18.6 Å². The van der Waals surface area contributed by atoms with Crippen molar-refractivity contribution in [3.63, 3.8) is 0 Å². The van der Waals surface area contributed by atoms with Crippen molar-refractivity contribution in [3.05, 3.63) is 41.6 Å². The van der Waals surface area contributed by atoms with Gasteiger partial charge in [0.1, 0.15) is 5.69 Å². The lowest BCUT2D eigenvalue weighted by molar-refractivity contribution is 0.0847. The molecule has 6 nitrogen and oxygen atoms in total. The van der Waals surface area contributed by atoms with Gasteiger partial charge in [-0.1, -0.05) is 36.2 Å². The number of amides is 1. The number of hydrogen-bond acceptors (Lipinski definition) is 4. The largest absolute Gasteiger partial charge is 0.395 e. The summed E-state index contributed by atoms with van der Waals surface area (Å²) in [7, 11) is 0. The molecule has 1 unspecified atom stereocenters. The Morgan fingerprint density at radius 2 is 2.16 bits per heavy atom. The van der Waals surface area contributed by atoms with Gasteiger partial charge in [-0.05, 0) is 32.4 Å². The van der Waals surface area contributed by atoms with Crippen LogP contribution in [0.4, 0.5) is 0 Å². The van der Waals surface area contributed by atoms with Gasteiger partial charge >= 0.3 is 0 Å². The molecule has 0 aliphatic carbocycles. The number of rotatable bonds is 6. The predicted octanol–water partition coefficient (Wildman–Crippen LogP) is 1.96. The summed E-state index contributed by atoms with van der Waals surface area (Å²) in [5.74, 6) is -0.150. The molecule has 0 bridgehead atoms. The first-order valence-corrected chi connectivity index (χ1v) is 8.93. The summed E-state index contributed by atoms with van der Waals surface area (Å²) in [5, 5.41) is 19.4. The summed E-state index contributed by atoms with van der Waals surface area (Å²) in [4.78, 5) is 14.5. The fourth-order valence-electron chi connectivity index (χ4n) is 3.28. The molecule has 134 valence electrons. The van der Waals surface area contributed by atoms with Crippen LogP contribution in [0.5, 0.6) is 0 Å². The lowest BCUT2D eigenvalue weighted by Crippen LogP contribution is -2.45. The smallest absolute Gasteiger partial charge is 0.269 e. The number of aryl methyl sites for hydroxylation is 1. The second kappa shape index (κ2) is 8.27. The van der Waals surface area contributed by atoms with E-state index in [1.807, 2.05) is 31.2 Å². The van der Waals surface area contributed by atoms with E-state index in [1.54, 1.807) is 6.07 Å². The number of aliphatic hydroxyl groups excluding tert-OH is 1. The summed E-state index contributed by atoms with van der Waals surface area (Å²) in [6, 6.07) is 10.1. The van der Waals surface area contributed by atoms with Crippen molar-refractivity contribution in [3.8, 4) is 11.3 Å². The van der Waals surface area contributed by atoms with Gasteiger partial charge in [-0.2, -0.15) is 5.10 Å². The maximum absolute atomic E-state index is 12.3. The molecular formula is C19H26N4O2. The molecule has 1 aliphatic rings. The summed E-state index contributed by atoms with van der Waals surface area (Å²) < 4.78 is 0. The van der Waals surface area contributed by atoms with Crippen molar-refractivity contribution < 1.29 is 9.90 Å². The molecule has 0 saturated carbocycles. The lowest BCUT2D eigenvalue weighted by atomic mass is 10.0. The second-order valence-corrected chi connectivity index (χ2v) is 6.66. The SMILES string of the molecule is Cc1ccc(-c2cc(C(=O)NCCN3CCCCC3CO)[nH]n2)cc1. The zero-order valence-corrected chi connectivity index (χ0v) is 14.7. The number of nitrogens with zero attached hydrogens (tertiary/aromatic N) is 2. The van der Waals surface area contributed by atoms with E-state index in [9.17, 15) is 9.90 Å². The first-order valence-electron chi connectivity index (χ1n) is 8.93. The monoisotopic (exact) mass is 342 g/mol. The number of aromatic amines is 1. The standard InChI is InChI=1S/C19H26N4O2/c1-14-5-7-15(8-6-14)17-12-18(22-21-17)19(25)20-9-11-23-10-3-2-4-16(23)13-24/h5-8,12,16,24H,2-4,9-11,13H2,1H3,(H,20,25)(H,21,22). The number of H-pyrrole nitrogens is 1. The van der Waals surface area contributed by atoms with Gasteiger partial charge in [-0.3, -0.25) is 14.8 Å². The van der Waals surface area contributed by atoms with Crippen LogP contribution in [0.25, 0.3) is 11.3 Å². The van der Waals surface area contributed by atoms with E-state index in [4.69, 9.17) is 0 Å². The third-order valence-electron chi connectivity index (χ3n) is 4.81. The maximum Gasteiger partial charge on any atom is 0.269 e. The molecule has 0 spiro atoms. The molecule has 3 N–H and O–H groups in total. The Morgan fingerprint density at radius 1 is 1.36 bits per heavy atom. The van der Waals surface area contributed by atoms with Crippen molar-refractivity contribution in [1.29, 1.82) is 0 Å². The summed E-state index contributed by atoms with van der Waals surface area (Å²) >= 11 is 0. The van der Waals surface area contributed by atoms with Crippen molar-refractivity contribution in [2.24, 2.45) is 0 Å². The van der Waals surface area contributed by atoms with Crippen molar-refractivity contribution in [1.82, 2.24) is 20.4 Å². The van der Waals surface area contributed by atoms with E-state index < -0.39 is 0 Å². The van der Waals surface area contributed by atoms with Gasteiger partial charge in [0.15, 0.2) is 0 Å². The molecule has 1 saturated heterocycles. The summed E-state index contributed by atoms with van der Waals surface area (Å²) in [6.45, 7) is 4.54. The third-order valence-corrected chi connectivity index (χ3v) is 4.81. The highest BCUT2D eigenvalue weighted by molar-refractivity contribution is 5.93. The van der Waals surface area contributed by atoms with E-state index in [0.29, 0.717) is 12.2 Å². The number of benzene rings is 1. The Kier molecular flexibility index (Phi) is 5.83.